The number of benzene rings is 9. The second-order valence-electron chi connectivity index (χ2n) is 14.0. The molecule has 3 heterocycles. The fourth-order valence-corrected chi connectivity index (χ4v) is 10.2. The number of rotatable bonds is 3. The van der Waals surface area contributed by atoms with E-state index >= 15 is 0 Å². The van der Waals surface area contributed by atoms with Crippen molar-refractivity contribution in [1.82, 2.24) is 9.13 Å². The van der Waals surface area contributed by atoms with Gasteiger partial charge in [-0.1, -0.05) is 133 Å². The van der Waals surface area contributed by atoms with Crippen molar-refractivity contribution >= 4 is 76.9 Å². The molecule has 1 aliphatic rings. The SMILES string of the molecule is c1ccc(-n2c3ccccc3c3c(-c4ccc5c(c4)-c4cc6c(c7cccc(c47)S5)c4ccccc4n6-c4cccc5ccccc45)cccc32)cc1. The van der Waals surface area contributed by atoms with Crippen molar-refractivity contribution in [2.45, 2.75) is 9.79 Å². The van der Waals surface area contributed by atoms with E-state index in [2.05, 4.69) is 191 Å². The van der Waals surface area contributed by atoms with Gasteiger partial charge in [0.1, 0.15) is 0 Å². The van der Waals surface area contributed by atoms with Crippen LogP contribution in [0.25, 0.3) is 98.8 Å². The van der Waals surface area contributed by atoms with Gasteiger partial charge in [0.15, 0.2) is 0 Å². The minimum atomic E-state index is 1.17. The van der Waals surface area contributed by atoms with E-state index in [4.69, 9.17) is 0 Å². The van der Waals surface area contributed by atoms with Crippen LogP contribution in [0.4, 0.5) is 0 Å². The third-order valence-electron chi connectivity index (χ3n) is 11.3. The molecule has 0 bridgehead atoms. The zero-order chi connectivity index (χ0) is 34.6. The minimum Gasteiger partial charge on any atom is -0.309 e. The van der Waals surface area contributed by atoms with E-state index in [1.54, 1.807) is 0 Å². The summed E-state index contributed by atoms with van der Waals surface area (Å²) in [5, 5.41) is 10.3. The van der Waals surface area contributed by atoms with E-state index in [-0.39, 0.29) is 0 Å². The van der Waals surface area contributed by atoms with Crippen LogP contribution in [0.2, 0.25) is 0 Å². The Labute approximate surface area is 310 Å². The van der Waals surface area contributed by atoms with Crippen LogP contribution in [0.5, 0.6) is 0 Å². The molecule has 0 unspecified atom stereocenters. The van der Waals surface area contributed by atoms with Crippen LogP contribution in [0, 0.1) is 0 Å². The maximum atomic E-state index is 2.50. The van der Waals surface area contributed by atoms with Crippen molar-refractivity contribution in [1.29, 1.82) is 0 Å². The Hall–Kier alpha value is -6.55. The third-order valence-corrected chi connectivity index (χ3v) is 12.4. The molecule has 0 N–H and O–H groups in total. The molecule has 1 aliphatic heterocycles. The molecule has 0 fully saturated rings. The monoisotopic (exact) mass is 690 g/mol. The maximum Gasteiger partial charge on any atom is 0.0554 e. The standard InChI is InChI=1S/C50H30N2S/c1-2-15-33(16-3-1)51-42-22-8-6-18-36(42)48-35(20-11-25-44(48)51)32-27-28-46-39(29-32)40-30-45-49(38-21-12-26-47(53-46)50(38)40)37-19-7-9-23-43(37)52(45)41-24-10-14-31-13-4-5-17-34(31)41/h1-30H. The van der Waals surface area contributed by atoms with Gasteiger partial charge in [0.25, 0.3) is 0 Å². The Morgan fingerprint density at radius 2 is 1.00 bits per heavy atom. The van der Waals surface area contributed by atoms with Gasteiger partial charge in [-0.25, -0.2) is 0 Å². The Morgan fingerprint density at radius 3 is 1.87 bits per heavy atom. The molecule has 246 valence electrons. The second kappa shape index (κ2) is 11.0. The summed E-state index contributed by atoms with van der Waals surface area (Å²) in [6, 6.07) is 67.1. The molecule has 9 aromatic carbocycles. The van der Waals surface area contributed by atoms with E-state index in [1.165, 1.54) is 109 Å². The summed E-state index contributed by atoms with van der Waals surface area (Å²) in [5.41, 5.74) is 12.3. The van der Waals surface area contributed by atoms with Gasteiger partial charge in [0.05, 0.1) is 27.8 Å². The lowest BCUT2D eigenvalue weighted by atomic mass is 9.91. The first-order valence-corrected chi connectivity index (χ1v) is 19.0. The molecular formula is C50H30N2S. The van der Waals surface area contributed by atoms with Crippen molar-refractivity contribution in [3.63, 3.8) is 0 Å². The van der Waals surface area contributed by atoms with Crippen molar-refractivity contribution in [3.05, 3.63) is 182 Å². The topological polar surface area (TPSA) is 9.86 Å². The molecule has 53 heavy (non-hydrogen) atoms. The smallest absolute Gasteiger partial charge is 0.0554 e. The molecule has 11 aromatic rings. The van der Waals surface area contributed by atoms with Crippen LogP contribution < -0.4 is 0 Å². The van der Waals surface area contributed by atoms with E-state index in [0.29, 0.717) is 0 Å². The fraction of sp³-hybridized carbons (Fsp3) is 0. The minimum absolute atomic E-state index is 1.17. The predicted molar refractivity (Wildman–Crippen MR) is 225 cm³/mol. The van der Waals surface area contributed by atoms with Crippen molar-refractivity contribution in [2.75, 3.05) is 0 Å². The Bertz CT molecular complexity index is 3310. The predicted octanol–water partition coefficient (Wildman–Crippen LogP) is 14.0. The summed E-state index contributed by atoms with van der Waals surface area (Å²) >= 11 is 1.89. The number of aromatic nitrogens is 2. The first-order valence-electron chi connectivity index (χ1n) is 18.2. The lowest BCUT2D eigenvalue weighted by molar-refractivity contribution is 1.18. The van der Waals surface area contributed by atoms with E-state index in [1.807, 2.05) is 11.8 Å². The zero-order valence-electron chi connectivity index (χ0n) is 28.6. The molecular weight excluding hydrogens is 661 g/mol. The van der Waals surface area contributed by atoms with Crippen molar-refractivity contribution in [3.8, 4) is 33.6 Å². The highest BCUT2D eigenvalue weighted by Gasteiger charge is 2.25. The van der Waals surface area contributed by atoms with Crippen LogP contribution in [-0.2, 0) is 0 Å². The normalized spacial score (nSPS) is 12.5. The molecule has 0 saturated heterocycles. The summed E-state index contributed by atoms with van der Waals surface area (Å²) in [6.45, 7) is 0. The summed E-state index contributed by atoms with van der Waals surface area (Å²) < 4.78 is 4.91. The number of hydrogen-bond acceptors (Lipinski definition) is 1. The molecule has 12 rings (SSSR count). The van der Waals surface area contributed by atoms with Gasteiger partial charge < -0.3 is 9.13 Å². The largest absolute Gasteiger partial charge is 0.309 e. The van der Waals surface area contributed by atoms with Gasteiger partial charge in [0.2, 0.25) is 0 Å². The van der Waals surface area contributed by atoms with Crippen LogP contribution in [0.15, 0.2) is 192 Å². The summed E-state index contributed by atoms with van der Waals surface area (Å²) in [5.74, 6) is 0. The molecule has 2 nitrogen and oxygen atoms in total. The highest BCUT2D eigenvalue weighted by atomic mass is 32.2. The molecule has 0 aliphatic carbocycles. The summed E-state index contributed by atoms with van der Waals surface area (Å²) in [6.07, 6.45) is 0. The highest BCUT2D eigenvalue weighted by Crippen LogP contribution is 2.52. The first-order chi connectivity index (χ1) is 26.3. The second-order valence-corrected chi connectivity index (χ2v) is 15.1. The lowest BCUT2D eigenvalue weighted by Crippen LogP contribution is -1.98. The summed E-state index contributed by atoms with van der Waals surface area (Å²) in [4.78, 5) is 2.61. The fourth-order valence-electron chi connectivity index (χ4n) is 9.10. The van der Waals surface area contributed by atoms with Crippen LogP contribution in [0.1, 0.15) is 0 Å². The quantitative estimate of drug-likeness (QED) is 0.179. The lowest BCUT2D eigenvalue weighted by Gasteiger charge is -2.22. The number of hydrogen-bond donors (Lipinski definition) is 0. The Kier molecular flexibility index (Phi) is 6.02. The van der Waals surface area contributed by atoms with E-state index in [0.717, 1.165) is 0 Å². The summed E-state index contributed by atoms with van der Waals surface area (Å²) in [7, 11) is 0. The molecule has 0 spiro atoms. The molecule has 0 amide bonds. The molecule has 0 atom stereocenters. The van der Waals surface area contributed by atoms with Crippen LogP contribution >= 0.6 is 11.8 Å². The number of fused-ring (bicyclic) bond motifs is 10. The van der Waals surface area contributed by atoms with Gasteiger partial charge in [-0.2, -0.15) is 0 Å². The Morgan fingerprint density at radius 1 is 0.340 bits per heavy atom. The average Bonchev–Trinajstić information content (AvgIpc) is 3.74. The van der Waals surface area contributed by atoms with Gasteiger partial charge in [-0.15, -0.1) is 0 Å². The molecule has 3 heteroatoms. The van der Waals surface area contributed by atoms with Crippen LogP contribution in [0.3, 0.4) is 0 Å². The van der Waals surface area contributed by atoms with Gasteiger partial charge in [0, 0.05) is 47.8 Å². The molecule has 2 aromatic heterocycles. The van der Waals surface area contributed by atoms with E-state index < -0.39 is 0 Å². The zero-order valence-corrected chi connectivity index (χ0v) is 29.4. The first kappa shape index (κ1) is 29.1. The third kappa shape index (κ3) is 4.06. The molecule has 0 saturated carbocycles. The van der Waals surface area contributed by atoms with E-state index in [9.17, 15) is 0 Å². The number of para-hydroxylation sites is 3. The van der Waals surface area contributed by atoms with Crippen molar-refractivity contribution in [2.24, 2.45) is 0 Å². The van der Waals surface area contributed by atoms with Gasteiger partial charge >= 0.3 is 0 Å². The maximum absolute atomic E-state index is 2.50. The number of nitrogens with zero attached hydrogens (tertiary/aromatic N) is 2. The van der Waals surface area contributed by atoms with Gasteiger partial charge in [-0.3, -0.25) is 0 Å². The van der Waals surface area contributed by atoms with Crippen molar-refractivity contribution < 1.29 is 0 Å². The van der Waals surface area contributed by atoms with Gasteiger partial charge in [-0.05, 0) is 93.7 Å². The molecule has 0 radical (unpaired) electrons. The van der Waals surface area contributed by atoms with Crippen LogP contribution in [-0.4, -0.2) is 9.13 Å². The Balaban J connectivity index is 1.16. The average molecular weight is 691 g/mol. The highest BCUT2D eigenvalue weighted by molar-refractivity contribution is 7.99.